The van der Waals surface area contributed by atoms with E-state index in [-0.39, 0.29) is 12.0 Å². The Morgan fingerprint density at radius 3 is 1.67 bits per heavy atom. The van der Waals surface area contributed by atoms with Gasteiger partial charge in [-0.25, -0.2) is 0 Å². The van der Waals surface area contributed by atoms with Crippen LogP contribution in [-0.2, 0) is 0 Å². The largest absolute Gasteiger partial charge is 0.460 e. The summed E-state index contributed by atoms with van der Waals surface area (Å²) in [7, 11) is 0. The van der Waals surface area contributed by atoms with E-state index in [0.717, 1.165) is 6.42 Å². The van der Waals surface area contributed by atoms with E-state index >= 15 is 0 Å². The van der Waals surface area contributed by atoms with Crippen LogP contribution in [0.25, 0.3) is 0 Å². The molecule has 0 aliphatic heterocycles. The van der Waals surface area contributed by atoms with Crippen LogP contribution >= 0.6 is 22.2 Å². The SMILES string of the molecule is CC[C@H](C)CC[Si](Cl)(Cl)CCC(F)(F)C(F)(F)C(F)(F)C(F)(F)F. The zero-order valence-electron chi connectivity index (χ0n) is 12.8. The van der Waals surface area contributed by atoms with E-state index in [1.807, 2.05) is 13.8 Å². The van der Waals surface area contributed by atoms with Crippen LogP contribution in [0.4, 0.5) is 39.5 Å². The molecule has 0 aromatic carbocycles. The summed E-state index contributed by atoms with van der Waals surface area (Å²) in [6, 6.07) is -0.883. The third kappa shape index (κ3) is 5.59. The van der Waals surface area contributed by atoms with Gasteiger partial charge < -0.3 is 0 Å². The molecular formula is C12H17Cl2F9Si. The number of rotatable bonds is 9. The molecule has 0 nitrogen and oxygen atoms in total. The molecule has 0 aromatic rings. The number of hydrogen-bond donors (Lipinski definition) is 0. The summed E-state index contributed by atoms with van der Waals surface area (Å²) in [5, 5.41) is 0. The Morgan fingerprint density at radius 1 is 0.833 bits per heavy atom. The molecule has 0 bridgehead atoms. The van der Waals surface area contributed by atoms with Crippen LogP contribution in [-0.4, -0.2) is 30.6 Å². The van der Waals surface area contributed by atoms with Gasteiger partial charge in [0.1, 0.15) is 0 Å². The summed E-state index contributed by atoms with van der Waals surface area (Å²) in [6.45, 7) is 0.177. The van der Waals surface area contributed by atoms with E-state index in [1.165, 1.54) is 0 Å². The minimum atomic E-state index is -6.87. The summed E-state index contributed by atoms with van der Waals surface area (Å²) in [4.78, 5) is 0. The van der Waals surface area contributed by atoms with E-state index in [9.17, 15) is 39.5 Å². The molecule has 0 heterocycles. The van der Waals surface area contributed by atoms with Crippen molar-refractivity contribution in [2.45, 2.75) is 69.1 Å². The highest BCUT2D eigenvalue weighted by Gasteiger charge is 2.81. The molecule has 24 heavy (non-hydrogen) atoms. The molecule has 0 aliphatic rings. The van der Waals surface area contributed by atoms with Gasteiger partial charge >= 0.3 is 23.9 Å². The van der Waals surface area contributed by atoms with Crippen molar-refractivity contribution in [3.8, 4) is 0 Å². The van der Waals surface area contributed by atoms with Crippen molar-refractivity contribution in [2.24, 2.45) is 5.92 Å². The van der Waals surface area contributed by atoms with Gasteiger partial charge in [0.25, 0.3) is 6.69 Å². The van der Waals surface area contributed by atoms with Crippen LogP contribution in [0.2, 0.25) is 12.1 Å². The summed E-state index contributed by atoms with van der Waals surface area (Å²) in [6.07, 6.45) is -7.63. The first kappa shape index (κ1) is 24.2. The fourth-order valence-electron chi connectivity index (χ4n) is 1.69. The maximum Gasteiger partial charge on any atom is 0.460 e. The molecule has 12 heteroatoms. The van der Waals surface area contributed by atoms with Gasteiger partial charge in [0, 0.05) is 6.42 Å². The average Bonchev–Trinajstić information content (AvgIpc) is 2.41. The minimum absolute atomic E-state index is 0.0441. The molecule has 1 atom stereocenters. The Labute approximate surface area is 144 Å². The van der Waals surface area contributed by atoms with Crippen molar-refractivity contribution < 1.29 is 39.5 Å². The highest BCUT2D eigenvalue weighted by molar-refractivity contribution is 7.45. The van der Waals surface area contributed by atoms with E-state index in [1.54, 1.807) is 0 Å². The Balaban J connectivity index is 5.07. The van der Waals surface area contributed by atoms with Gasteiger partial charge in [-0.3, -0.25) is 0 Å². The summed E-state index contributed by atoms with van der Waals surface area (Å²) in [5.41, 5.74) is 0. The van der Waals surface area contributed by atoms with Crippen LogP contribution in [0.3, 0.4) is 0 Å². The lowest BCUT2D eigenvalue weighted by Gasteiger charge is -2.34. The fraction of sp³-hybridized carbons (Fsp3) is 1.00. The van der Waals surface area contributed by atoms with Crippen molar-refractivity contribution in [3.63, 3.8) is 0 Å². The first-order valence-corrected chi connectivity index (χ1v) is 11.4. The number of hydrogen-bond acceptors (Lipinski definition) is 0. The van der Waals surface area contributed by atoms with Crippen LogP contribution in [0.15, 0.2) is 0 Å². The van der Waals surface area contributed by atoms with Crippen molar-refractivity contribution in [2.75, 3.05) is 0 Å². The lowest BCUT2D eigenvalue weighted by Crippen LogP contribution is -2.61. The predicted octanol–water partition coefficient (Wildman–Crippen LogP) is 7.20. The molecule has 0 aromatic heterocycles. The monoisotopic (exact) mass is 430 g/mol. The third-order valence-electron chi connectivity index (χ3n) is 3.71. The van der Waals surface area contributed by atoms with Gasteiger partial charge in [-0.15, -0.1) is 22.2 Å². The topological polar surface area (TPSA) is 0 Å². The molecule has 0 radical (unpaired) electrons. The Hall–Kier alpha value is 0.167. The molecule has 0 fully saturated rings. The van der Waals surface area contributed by atoms with E-state index in [2.05, 4.69) is 0 Å². The maximum absolute atomic E-state index is 13.4. The summed E-state index contributed by atoms with van der Waals surface area (Å²) < 4.78 is 114. The second-order valence-corrected chi connectivity index (χ2v) is 13.4. The fourth-order valence-corrected chi connectivity index (χ4v) is 4.76. The number of alkyl halides is 9. The molecule has 146 valence electrons. The van der Waals surface area contributed by atoms with Gasteiger partial charge in [0.05, 0.1) is 0 Å². The van der Waals surface area contributed by atoms with Crippen LogP contribution < -0.4 is 0 Å². The first-order valence-electron chi connectivity index (χ1n) is 6.99. The second-order valence-electron chi connectivity index (χ2n) is 5.76. The minimum Gasteiger partial charge on any atom is -0.200 e. The first-order chi connectivity index (χ1) is 10.4. The molecule has 0 amide bonds. The molecule has 0 aliphatic carbocycles. The standard InChI is InChI=1S/C12H17Cl2F9Si/c1-3-8(2)4-6-24(13,14)7-5-9(15,16)10(17,18)11(19,20)12(21,22)23/h8H,3-7H2,1-2H3/t8-/m0/s1. The quantitative estimate of drug-likeness (QED) is 0.206. The molecular weight excluding hydrogens is 414 g/mol. The molecule has 0 saturated carbocycles. The lowest BCUT2D eigenvalue weighted by atomic mass is 10.0. The van der Waals surface area contributed by atoms with Crippen molar-refractivity contribution in [1.82, 2.24) is 0 Å². The molecule has 0 saturated heterocycles. The zero-order chi connectivity index (χ0) is 19.6. The molecule has 0 unspecified atom stereocenters. The molecule has 0 spiro atoms. The summed E-state index contributed by atoms with van der Waals surface area (Å²) in [5.74, 6) is -19.0. The van der Waals surface area contributed by atoms with Crippen LogP contribution in [0.5, 0.6) is 0 Å². The van der Waals surface area contributed by atoms with Gasteiger partial charge in [0.15, 0.2) is 0 Å². The van der Waals surface area contributed by atoms with Crippen molar-refractivity contribution in [1.29, 1.82) is 0 Å². The van der Waals surface area contributed by atoms with Crippen molar-refractivity contribution >= 4 is 28.9 Å². The van der Waals surface area contributed by atoms with Crippen molar-refractivity contribution in [3.05, 3.63) is 0 Å². The maximum atomic E-state index is 13.4. The summed E-state index contributed by atoms with van der Waals surface area (Å²) >= 11 is 11.6. The van der Waals surface area contributed by atoms with E-state index in [4.69, 9.17) is 22.2 Å². The Bertz CT molecular complexity index is 410. The van der Waals surface area contributed by atoms with Gasteiger partial charge in [-0.1, -0.05) is 26.7 Å². The predicted molar refractivity (Wildman–Crippen MR) is 76.7 cm³/mol. The van der Waals surface area contributed by atoms with Gasteiger partial charge in [-0.2, -0.15) is 39.5 Å². The zero-order valence-corrected chi connectivity index (χ0v) is 15.3. The Morgan fingerprint density at radius 2 is 1.29 bits per heavy atom. The van der Waals surface area contributed by atoms with E-state index in [0.29, 0.717) is 6.42 Å². The highest BCUT2D eigenvalue weighted by atomic mass is 35.7. The van der Waals surface area contributed by atoms with E-state index < -0.39 is 43.1 Å². The highest BCUT2D eigenvalue weighted by Crippen LogP contribution is 2.55. The van der Waals surface area contributed by atoms with Crippen LogP contribution in [0, 0.1) is 5.92 Å². The second kappa shape index (κ2) is 7.81. The van der Waals surface area contributed by atoms with Crippen LogP contribution in [0.1, 0.15) is 33.1 Å². The van der Waals surface area contributed by atoms with Gasteiger partial charge in [0.2, 0.25) is 0 Å². The third-order valence-corrected chi connectivity index (χ3v) is 7.98. The van der Waals surface area contributed by atoms with Gasteiger partial charge in [-0.05, 0) is 18.0 Å². The molecule has 0 N–H and O–H groups in total. The Kier molecular flexibility index (Phi) is 7.87. The smallest absolute Gasteiger partial charge is 0.200 e. The average molecular weight is 431 g/mol. The number of halogens is 11. The lowest BCUT2D eigenvalue weighted by molar-refractivity contribution is -0.396. The normalized spacial score (nSPS) is 16.4. The molecule has 0 rings (SSSR count).